The van der Waals surface area contributed by atoms with Gasteiger partial charge >= 0.3 is 11.9 Å². The number of carboxylic acid groups (broad SMARTS) is 1. The van der Waals surface area contributed by atoms with Crippen molar-refractivity contribution >= 4 is 17.8 Å². The number of rotatable bonds is 41. The lowest BCUT2D eigenvalue weighted by molar-refractivity contribution is -0.147. The average molecular weight is 744 g/mol. The van der Waals surface area contributed by atoms with Crippen LogP contribution >= 0.6 is 0 Å². The maximum absolute atomic E-state index is 12.7. The number of esters is 1. The number of aliphatic carboxylic acids is 1. The molecule has 0 aromatic heterocycles. The van der Waals surface area contributed by atoms with Crippen LogP contribution in [0.4, 0.5) is 0 Å². The van der Waals surface area contributed by atoms with Crippen LogP contribution in [0, 0.1) is 0 Å². The van der Waals surface area contributed by atoms with E-state index in [0.717, 1.165) is 70.6 Å². The first-order chi connectivity index (χ1) is 26.0. The first-order valence-corrected chi connectivity index (χ1v) is 22.6. The number of carbonyl (C=O) groups excluding carboxylic acids is 2. The Morgan fingerprint density at radius 2 is 0.925 bits per heavy atom. The Kier molecular flexibility index (Phi) is 40.5. The Balaban J connectivity index is 4.06. The number of allylic oxidation sites excluding steroid dienone is 5. The number of hydrogen-bond donors (Lipinski definition) is 2. The smallest absolute Gasteiger partial charge is 0.322 e. The molecule has 308 valence electrons. The number of amides is 1. The minimum absolute atomic E-state index is 0.0702. The maximum atomic E-state index is 12.7. The molecule has 0 radical (unpaired) electrons. The Morgan fingerprint density at radius 1 is 0.509 bits per heavy atom. The van der Waals surface area contributed by atoms with Crippen molar-refractivity contribution in [1.29, 1.82) is 0 Å². The normalized spacial score (nSPS) is 12.3. The van der Waals surface area contributed by atoms with Gasteiger partial charge in [-0.25, -0.2) is 0 Å². The number of carboxylic acids is 1. The molecule has 53 heavy (non-hydrogen) atoms. The van der Waals surface area contributed by atoms with E-state index in [9.17, 15) is 14.4 Å². The van der Waals surface area contributed by atoms with Gasteiger partial charge in [-0.05, 0) is 76.7 Å². The van der Waals surface area contributed by atoms with E-state index in [1.165, 1.54) is 135 Å². The SMILES string of the molecule is CCCCCC/C=C\C/C=C\C(CCCCCCCCC(=O)NCC(=O)O)OC(=O)CCCCCCCCCCC/C=C\CCCCCCCCCC. The highest BCUT2D eigenvalue weighted by Gasteiger charge is 2.11. The molecule has 0 fully saturated rings. The standard InChI is InChI=1S/C47H85NO5/c1-3-5-7-9-11-13-14-15-16-17-18-19-20-21-22-23-24-26-28-34-38-42-47(52)53-44(39-35-31-27-25-12-10-8-6-4-2)40-36-32-29-30-33-37-41-45(49)48-43-46(50)51/h17-18,25,27,35,39,44H,3-16,19-24,26,28-34,36-38,40-43H2,1-2H3,(H,48,49)(H,50,51)/b18-17-,27-25-,39-35-. The number of ether oxygens (including phenoxy) is 1. The van der Waals surface area contributed by atoms with E-state index in [-0.39, 0.29) is 24.5 Å². The largest absolute Gasteiger partial charge is 0.480 e. The minimum Gasteiger partial charge on any atom is -0.480 e. The number of hydrogen-bond acceptors (Lipinski definition) is 4. The predicted octanol–water partition coefficient (Wildman–Crippen LogP) is 14.1. The van der Waals surface area contributed by atoms with Crippen LogP contribution in [-0.4, -0.2) is 35.6 Å². The van der Waals surface area contributed by atoms with Crippen molar-refractivity contribution < 1.29 is 24.2 Å². The molecular weight excluding hydrogens is 659 g/mol. The van der Waals surface area contributed by atoms with Gasteiger partial charge in [-0.2, -0.15) is 0 Å². The van der Waals surface area contributed by atoms with E-state index in [1.807, 2.05) is 0 Å². The molecule has 0 aromatic carbocycles. The van der Waals surface area contributed by atoms with Crippen LogP contribution in [-0.2, 0) is 19.1 Å². The highest BCUT2D eigenvalue weighted by molar-refractivity contribution is 5.80. The summed E-state index contributed by atoms with van der Waals surface area (Å²) in [5.74, 6) is -1.28. The quantitative estimate of drug-likeness (QED) is 0.0369. The third kappa shape index (κ3) is 42.2. The fourth-order valence-electron chi connectivity index (χ4n) is 6.64. The molecule has 0 aromatic rings. The molecule has 0 spiro atoms. The molecule has 1 atom stereocenters. The Bertz CT molecular complexity index is 911. The zero-order valence-electron chi connectivity index (χ0n) is 34.9. The molecule has 0 aliphatic carbocycles. The average Bonchev–Trinajstić information content (AvgIpc) is 3.14. The van der Waals surface area contributed by atoms with Gasteiger partial charge in [0.25, 0.3) is 0 Å². The highest BCUT2D eigenvalue weighted by Crippen LogP contribution is 2.16. The van der Waals surface area contributed by atoms with E-state index in [0.29, 0.717) is 12.8 Å². The van der Waals surface area contributed by atoms with E-state index in [2.05, 4.69) is 55.6 Å². The van der Waals surface area contributed by atoms with Gasteiger partial charge in [-0.1, -0.05) is 179 Å². The van der Waals surface area contributed by atoms with Crippen LogP contribution in [0.2, 0.25) is 0 Å². The fourth-order valence-corrected chi connectivity index (χ4v) is 6.64. The van der Waals surface area contributed by atoms with Gasteiger partial charge < -0.3 is 15.2 Å². The van der Waals surface area contributed by atoms with Crippen molar-refractivity contribution in [2.45, 2.75) is 238 Å². The summed E-state index contributed by atoms with van der Waals surface area (Å²) in [4.78, 5) is 34.9. The van der Waals surface area contributed by atoms with Crippen LogP contribution in [0.15, 0.2) is 36.5 Å². The van der Waals surface area contributed by atoms with Gasteiger partial charge in [0, 0.05) is 12.8 Å². The fraction of sp³-hybridized carbons (Fsp3) is 0.809. The first-order valence-electron chi connectivity index (χ1n) is 22.6. The molecule has 1 unspecified atom stereocenters. The van der Waals surface area contributed by atoms with Crippen LogP contribution in [0.5, 0.6) is 0 Å². The third-order valence-electron chi connectivity index (χ3n) is 10.0. The van der Waals surface area contributed by atoms with Crippen LogP contribution in [0.3, 0.4) is 0 Å². The van der Waals surface area contributed by atoms with Crippen LogP contribution in [0.25, 0.3) is 0 Å². The molecule has 0 aliphatic heterocycles. The van der Waals surface area contributed by atoms with Gasteiger partial charge in [-0.15, -0.1) is 0 Å². The molecule has 0 aliphatic rings. The molecule has 0 saturated carbocycles. The van der Waals surface area contributed by atoms with E-state index in [4.69, 9.17) is 9.84 Å². The van der Waals surface area contributed by atoms with Crippen molar-refractivity contribution in [2.24, 2.45) is 0 Å². The van der Waals surface area contributed by atoms with E-state index < -0.39 is 5.97 Å². The first kappa shape index (κ1) is 50.6. The minimum atomic E-state index is -1.02. The second kappa shape index (κ2) is 42.4. The van der Waals surface area contributed by atoms with Gasteiger partial charge in [0.2, 0.25) is 5.91 Å². The second-order valence-electron chi connectivity index (χ2n) is 15.3. The van der Waals surface area contributed by atoms with Crippen molar-refractivity contribution in [3.05, 3.63) is 36.5 Å². The molecule has 0 rings (SSSR count). The molecule has 0 bridgehead atoms. The Labute approximate surface area is 327 Å². The van der Waals surface area contributed by atoms with E-state index in [1.54, 1.807) is 0 Å². The summed E-state index contributed by atoms with van der Waals surface area (Å²) < 4.78 is 5.94. The Hall–Kier alpha value is -2.37. The highest BCUT2D eigenvalue weighted by atomic mass is 16.5. The zero-order chi connectivity index (χ0) is 38.7. The van der Waals surface area contributed by atoms with Crippen molar-refractivity contribution in [2.75, 3.05) is 6.54 Å². The monoisotopic (exact) mass is 744 g/mol. The molecular formula is C47H85NO5. The molecule has 6 heteroatoms. The molecule has 0 heterocycles. The van der Waals surface area contributed by atoms with Gasteiger partial charge in [0.05, 0.1) is 0 Å². The second-order valence-corrected chi connectivity index (χ2v) is 15.3. The van der Waals surface area contributed by atoms with Gasteiger partial charge in [0.1, 0.15) is 12.6 Å². The lowest BCUT2D eigenvalue weighted by Gasteiger charge is -2.14. The topological polar surface area (TPSA) is 92.7 Å². The summed E-state index contributed by atoms with van der Waals surface area (Å²) in [5.41, 5.74) is 0. The lowest BCUT2D eigenvalue weighted by atomic mass is 10.0. The Morgan fingerprint density at radius 3 is 1.43 bits per heavy atom. The van der Waals surface area contributed by atoms with Crippen LogP contribution < -0.4 is 5.32 Å². The number of unbranched alkanes of at least 4 members (excludes halogenated alkanes) is 26. The summed E-state index contributed by atoms with van der Waals surface area (Å²) in [7, 11) is 0. The number of carbonyl (C=O) groups is 3. The molecule has 2 N–H and O–H groups in total. The predicted molar refractivity (Wildman–Crippen MR) is 226 cm³/mol. The summed E-state index contributed by atoms with van der Waals surface area (Å²) in [6.45, 7) is 4.21. The lowest BCUT2D eigenvalue weighted by Crippen LogP contribution is -2.28. The molecule has 1 amide bonds. The summed E-state index contributed by atoms with van der Waals surface area (Å²) >= 11 is 0. The van der Waals surface area contributed by atoms with Crippen molar-refractivity contribution in [3.8, 4) is 0 Å². The summed E-state index contributed by atoms with van der Waals surface area (Å²) in [6, 6.07) is 0. The zero-order valence-corrected chi connectivity index (χ0v) is 34.9. The van der Waals surface area contributed by atoms with Crippen molar-refractivity contribution in [3.63, 3.8) is 0 Å². The van der Waals surface area contributed by atoms with E-state index >= 15 is 0 Å². The summed E-state index contributed by atoms with van der Waals surface area (Å²) in [5, 5.41) is 11.1. The molecule has 0 saturated heterocycles. The third-order valence-corrected chi connectivity index (χ3v) is 10.0. The summed E-state index contributed by atoms with van der Waals surface area (Å²) in [6.07, 6.45) is 53.0. The maximum Gasteiger partial charge on any atom is 0.322 e. The van der Waals surface area contributed by atoms with Crippen molar-refractivity contribution in [1.82, 2.24) is 5.32 Å². The number of nitrogens with one attached hydrogen (secondary N) is 1. The van der Waals surface area contributed by atoms with Gasteiger partial charge in [0.15, 0.2) is 0 Å². The van der Waals surface area contributed by atoms with Gasteiger partial charge in [-0.3, -0.25) is 14.4 Å². The molecule has 6 nitrogen and oxygen atoms in total. The van der Waals surface area contributed by atoms with Crippen LogP contribution in [0.1, 0.15) is 232 Å².